The molecule has 96 valence electrons. The van der Waals surface area contributed by atoms with Gasteiger partial charge in [0, 0.05) is 31.7 Å². The van der Waals surface area contributed by atoms with Crippen molar-refractivity contribution in [3.8, 4) is 0 Å². The van der Waals surface area contributed by atoms with Crippen LogP contribution in [0.2, 0.25) is 0 Å². The molecule has 0 fully saturated rings. The van der Waals surface area contributed by atoms with E-state index in [0.717, 1.165) is 37.7 Å². The Hall–Kier alpha value is -1.36. The van der Waals surface area contributed by atoms with Gasteiger partial charge in [-0.05, 0) is 27.2 Å². The van der Waals surface area contributed by atoms with Crippen molar-refractivity contribution in [2.45, 2.75) is 33.2 Å². The van der Waals surface area contributed by atoms with Gasteiger partial charge in [-0.15, -0.1) is 0 Å². The largest absolute Gasteiger partial charge is 0.370 e. The molecule has 5 nitrogen and oxygen atoms in total. The summed E-state index contributed by atoms with van der Waals surface area (Å²) in [7, 11) is 0. The molecule has 0 aliphatic rings. The van der Waals surface area contributed by atoms with E-state index in [2.05, 4.69) is 34.0 Å². The molecule has 0 saturated heterocycles. The first-order valence-electron chi connectivity index (χ1n) is 6.23. The van der Waals surface area contributed by atoms with E-state index in [-0.39, 0.29) is 6.04 Å². The Morgan fingerprint density at radius 3 is 2.65 bits per heavy atom. The van der Waals surface area contributed by atoms with Crippen molar-refractivity contribution < 1.29 is 0 Å². The molecule has 1 atom stereocenters. The van der Waals surface area contributed by atoms with E-state index in [1.165, 1.54) is 0 Å². The topological polar surface area (TPSA) is 67.1 Å². The van der Waals surface area contributed by atoms with Gasteiger partial charge >= 0.3 is 0 Å². The Labute approximate surface area is 103 Å². The van der Waals surface area contributed by atoms with Crippen molar-refractivity contribution in [1.29, 1.82) is 0 Å². The maximum absolute atomic E-state index is 5.70. The maximum Gasteiger partial charge on any atom is 0.134 e. The third-order valence-corrected chi connectivity index (χ3v) is 2.65. The predicted molar refractivity (Wildman–Crippen MR) is 72.3 cm³/mol. The van der Waals surface area contributed by atoms with Crippen LogP contribution in [-0.2, 0) is 0 Å². The van der Waals surface area contributed by atoms with Gasteiger partial charge in [0.05, 0.1) is 0 Å². The van der Waals surface area contributed by atoms with Crippen LogP contribution >= 0.6 is 0 Å². The maximum atomic E-state index is 5.70. The Balaban J connectivity index is 2.59. The molecular weight excluding hydrogens is 214 g/mol. The van der Waals surface area contributed by atoms with Crippen LogP contribution in [0.1, 0.15) is 27.2 Å². The third kappa shape index (κ3) is 4.56. The fraction of sp³-hybridized carbons (Fsp3) is 0.667. The van der Waals surface area contributed by atoms with Gasteiger partial charge in [-0.25, -0.2) is 9.97 Å². The van der Waals surface area contributed by atoms with Gasteiger partial charge in [0.1, 0.15) is 18.0 Å². The second-order valence-corrected chi connectivity index (χ2v) is 4.13. The SMILES string of the molecule is CCN(CC)c1cc(NCCC(C)N)ncn1. The number of nitrogens with zero attached hydrogens (tertiary/aromatic N) is 3. The van der Waals surface area contributed by atoms with Gasteiger partial charge in [-0.3, -0.25) is 0 Å². The van der Waals surface area contributed by atoms with Crippen molar-refractivity contribution in [1.82, 2.24) is 9.97 Å². The van der Waals surface area contributed by atoms with Crippen molar-refractivity contribution in [3.05, 3.63) is 12.4 Å². The minimum Gasteiger partial charge on any atom is -0.370 e. The summed E-state index contributed by atoms with van der Waals surface area (Å²) in [6, 6.07) is 2.19. The molecule has 0 spiro atoms. The summed E-state index contributed by atoms with van der Waals surface area (Å²) in [5, 5.41) is 3.26. The third-order valence-electron chi connectivity index (χ3n) is 2.65. The zero-order valence-electron chi connectivity index (χ0n) is 11.0. The first-order valence-corrected chi connectivity index (χ1v) is 6.23. The van der Waals surface area contributed by atoms with Gasteiger partial charge < -0.3 is 16.0 Å². The lowest BCUT2D eigenvalue weighted by Gasteiger charge is -2.19. The molecule has 1 aromatic rings. The highest BCUT2D eigenvalue weighted by Gasteiger charge is 2.04. The minimum absolute atomic E-state index is 0.214. The van der Waals surface area contributed by atoms with Gasteiger partial charge in [-0.1, -0.05) is 0 Å². The van der Waals surface area contributed by atoms with Gasteiger partial charge in [0.25, 0.3) is 0 Å². The standard InChI is InChI=1S/C12H23N5/c1-4-17(5-2)12-8-11(15-9-16-12)14-7-6-10(3)13/h8-10H,4-7,13H2,1-3H3,(H,14,15,16). The summed E-state index contributed by atoms with van der Waals surface area (Å²) >= 11 is 0. The first-order chi connectivity index (χ1) is 8.17. The molecule has 0 aliphatic heterocycles. The Morgan fingerprint density at radius 2 is 2.06 bits per heavy atom. The lowest BCUT2D eigenvalue weighted by Crippen LogP contribution is -2.23. The molecule has 0 aromatic carbocycles. The second kappa shape index (κ2) is 7.06. The van der Waals surface area contributed by atoms with E-state index < -0.39 is 0 Å². The van der Waals surface area contributed by atoms with Crippen LogP contribution in [0.25, 0.3) is 0 Å². The van der Waals surface area contributed by atoms with Crippen LogP contribution in [-0.4, -0.2) is 35.6 Å². The lowest BCUT2D eigenvalue weighted by atomic mass is 10.2. The Kier molecular flexibility index (Phi) is 5.69. The number of anilines is 2. The van der Waals surface area contributed by atoms with Crippen molar-refractivity contribution >= 4 is 11.6 Å². The van der Waals surface area contributed by atoms with E-state index in [4.69, 9.17) is 5.73 Å². The Bertz CT molecular complexity index is 322. The van der Waals surface area contributed by atoms with Gasteiger partial charge in [0.15, 0.2) is 0 Å². The molecule has 0 amide bonds. The highest BCUT2D eigenvalue weighted by Crippen LogP contribution is 2.13. The summed E-state index contributed by atoms with van der Waals surface area (Å²) in [6.45, 7) is 8.98. The average Bonchev–Trinajstić information content (AvgIpc) is 2.31. The zero-order chi connectivity index (χ0) is 12.7. The van der Waals surface area contributed by atoms with E-state index in [1.54, 1.807) is 6.33 Å². The van der Waals surface area contributed by atoms with E-state index in [0.29, 0.717) is 0 Å². The highest BCUT2D eigenvalue weighted by molar-refractivity contribution is 5.48. The molecule has 1 heterocycles. The monoisotopic (exact) mass is 237 g/mol. The molecule has 0 aliphatic carbocycles. The lowest BCUT2D eigenvalue weighted by molar-refractivity contribution is 0.689. The van der Waals surface area contributed by atoms with Crippen LogP contribution in [0.3, 0.4) is 0 Å². The summed E-state index contributed by atoms with van der Waals surface area (Å²) in [5.74, 6) is 1.83. The molecule has 1 rings (SSSR count). The molecule has 0 saturated carbocycles. The highest BCUT2D eigenvalue weighted by atomic mass is 15.2. The first kappa shape index (κ1) is 13.7. The number of hydrogen-bond donors (Lipinski definition) is 2. The molecule has 0 bridgehead atoms. The van der Waals surface area contributed by atoms with Crippen LogP contribution in [0.5, 0.6) is 0 Å². The van der Waals surface area contributed by atoms with Crippen molar-refractivity contribution in [2.24, 2.45) is 5.73 Å². The van der Waals surface area contributed by atoms with Gasteiger partial charge in [0.2, 0.25) is 0 Å². The number of hydrogen-bond acceptors (Lipinski definition) is 5. The molecule has 5 heteroatoms. The molecule has 1 aromatic heterocycles. The quantitative estimate of drug-likeness (QED) is 0.751. The van der Waals surface area contributed by atoms with Crippen molar-refractivity contribution in [2.75, 3.05) is 29.9 Å². The zero-order valence-corrected chi connectivity index (χ0v) is 11.0. The second-order valence-electron chi connectivity index (χ2n) is 4.13. The molecule has 17 heavy (non-hydrogen) atoms. The number of rotatable bonds is 7. The van der Waals surface area contributed by atoms with Crippen LogP contribution < -0.4 is 16.0 Å². The number of aromatic nitrogens is 2. The number of nitrogens with one attached hydrogen (secondary N) is 1. The fourth-order valence-corrected chi connectivity index (χ4v) is 1.59. The Morgan fingerprint density at radius 1 is 1.35 bits per heavy atom. The molecular formula is C12H23N5. The van der Waals surface area contributed by atoms with Crippen LogP contribution in [0, 0.1) is 0 Å². The van der Waals surface area contributed by atoms with Crippen molar-refractivity contribution in [3.63, 3.8) is 0 Å². The predicted octanol–water partition coefficient (Wildman–Crippen LogP) is 1.47. The fourth-order valence-electron chi connectivity index (χ4n) is 1.59. The smallest absolute Gasteiger partial charge is 0.134 e. The molecule has 3 N–H and O–H groups in total. The van der Waals surface area contributed by atoms with Gasteiger partial charge in [-0.2, -0.15) is 0 Å². The normalized spacial score (nSPS) is 12.2. The minimum atomic E-state index is 0.214. The summed E-state index contributed by atoms with van der Waals surface area (Å²) in [4.78, 5) is 10.7. The average molecular weight is 237 g/mol. The molecule has 0 radical (unpaired) electrons. The molecule has 1 unspecified atom stereocenters. The number of nitrogens with two attached hydrogens (primary N) is 1. The van der Waals surface area contributed by atoms with E-state index in [1.807, 2.05) is 13.0 Å². The van der Waals surface area contributed by atoms with E-state index in [9.17, 15) is 0 Å². The summed E-state index contributed by atoms with van der Waals surface area (Å²) in [6.07, 6.45) is 2.53. The van der Waals surface area contributed by atoms with Crippen LogP contribution in [0.15, 0.2) is 12.4 Å². The van der Waals surface area contributed by atoms with E-state index >= 15 is 0 Å². The summed E-state index contributed by atoms with van der Waals surface area (Å²) in [5.41, 5.74) is 5.70. The summed E-state index contributed by atoms with van der Waals surface area (Å²) < 4.78 is 0. The van der Waals surface area contributed by atoms with Crippen LogP contribution in [0.4, 0.5) is 11.6 Å².